The van der Waals surface area contributed by atoms with Gasteiger partial charge in [0.15, 0.2) is 0 Å². The first-order valence-electron chi connectivity index (χ1n) is 4.30. The van der Waals surface area contributed by atoms with E-state index in [0.29, 0.717) is 17.8 Å². The van der Waals surface area contributed by atoms with Crippen molar-refractivity contribution in [2.24, 2.45) is 15.9 Å². The lowest BCUT2D eigenvalue weighted by Crippen LogP contribution is -2.24. The molecule has 0 aromatic rings. The van der Waals surface area contributed by atoms with E-state index in [1.807, 2.05) is 24.2 Å². The van der Waals surface area contributed by atoms with Crippen molar-refractivity contribution in [3.05, 3.63) is 23.4 Å². The topological polar surface area (TPSA) is 36.8 Å². The number of nitrogens with zero attached hydrogens (tertiary/aromatic N) is 2. The van der Waals surface area contributed by atoms with E-state index < -0.39 is 0 Å². The summed E-state index contributed by atoms with van der Waals surface area (Å²) in [5, 5.41) is 3.64. The SMILES string of the molecule is C1=CC2SC3=CNCN=C3C2C=N1. The second-order valence-corrected chi connectivity index (χ2v) is 4.38. The number of hydrogen-bond donors (Lipinski definition) is 1. The average Bonchev–Trinajstić information content (AvgIpc) is 2.56. The minimum atomic E-state index is 0.406. The molecule has 13 heavy (non-hydrogen) atoms. The molecule has 3 aliphatic heterocycles. The van der Waals surface area contributed by atoms with Gasteiger partial charge in [0, 0.05) is 28.8 Å². The van der Waals surface area contributed by atoms with Gasteiger partial charge in [-0.1, -0.05) is 6.08 Å². The molecule has 4 heteroatoms. The molecule has 2 unspecified atom stereocenters. The van der Waals surface area contributed by atoms with Gasteiger partial charge < -0.3 is 5.32 Å². The van der Waals surface area contributed by atoms with Gasteiger partial charge in [0.25, 0.3) is 0 Å². The fourth-order valence-electron chi connectivity index (χ4n) is 1.75. The monoisotopic (exact) mass is 191 g/mol. The van der Waals surface area contributed by atoms with Crippen molar-refractivity contribution >= 4 is 23.7 Å². The molecule has 2 atom stereocenters. The smallest absolute Gasteiger partial charge is 0.107 e. The summed E-state index contributed by atoms with van der Waals surface area (Å²) in [6.07, 6.45) is 8.09. The Morgan fingerprint density at radius 3 is 3.54 bits per heavy atom. The summed E-state index contributed by atoms with van der Waals surface area (Å²) in [7, 11) is 0. The Hall–Kier alpha value is -1.03. The van der Waals surface area contributed by atoms with E-state index in [2.05, 4.69) is 27.6 Å². The zero-order valence-electron chi connectivity index (χ0n) is 6.97. The van der Waals surface area contributed by atoms with E-state index >= 15 is 0 Å². The van der Waals surface area contributed by atoms with Crippen LogP contribution in [0.15, 0.2) is 33.4 Å². The van der Waals surface area contributed by atoms with Gasteiger partial charge in [-0.3, -0.25) is 9.98 Å². The Balaban J connectivity index is 2.03. The number of rotatable bonds is 0. The van der Waals surface area contributed by atoms with Crippen LogP contribution in [0.1, 0.15) is 0 Å². The maximum atomic E-state index is 4.47. The second-order valence-electron chi connectivity index (χ2n) is 3.16. The highest BCUT2D eigenvalue weighted by Crippen LogP contribution is 2.41. The Labute approximate surface area is 80.7 Å². The van der Waals surface area contributed by atoms with Crippen LogP contribution in [0.25, 0.3) is 0 Å². The third kappa shape index (κ3) is 1.05. The fraction of sp³-hybridized carbons (Fsp3) is 0.333. The van der Waals surface area contributed by atoms with E-state index in [9.17, 15) is 0 Å². The summed E-state index contributed by atoms with van der Waals surface area (Å²) in [4.78, 5) is 9.91. The van der Waals surface area contributed by atoms with Crippen molar-refractivity contribution < 1.29 is 0 Å². The van der Waals surface area contributed by atoms with Crippen LogP contribution in [0.3, 0.4) is 0 Å². The van der Waals surface area contributed by atoms with E-state index in [1.54, 1.807) is 0 Å². The molecule has 0 aromatic carbocycles. The van der Waals surface area contributed by atoms with E-state index in [-0.39, 0.29) is 0 Å². The molecule has 3 nitrogen and oxygen atoms in total. The van der Waals surface area contributed by atoms with Gasteiger partial charge in [-0.05, 0) is 0 Å². The molecular weight excluding hydrogens is 182 g/mol. The zero-order valence-corrected chi connectivity index (χ0v) is 7.79. The van der Waals surface area contributed by atoms with Gasteiger partial charge in [0.2, 0.25) is 0 Å². The van der Waals surface area contributed by atoms with Crippen molar-refractivity contribution in [3.8, 4) is 0 Å². The number of fused-ring (bicyclic) bond motifs is 3. The van der Waals surface area contributed by atoms with Crippen molar-refractivity contribution in [2.75, 3.05) is 6.67 Å². The number of thioether (sulfide) groups is 1. The Morgan fingerprint density at radius 2 is 2.54 bits per heavy atom. The predicted molar refractivity (Wildman–Crippen MR) is 56.0 cm³/mol. The van der Waals surface area contributed by atoms with Crippen LogP contribution in [0, 0.1) is 5.92 Å². The maximum absolute atomic E-state index is 4.47. The summed E-state index contributed by atoms with van der Waals surface area (Å²) in [5.41, 5.74) is 1.21. The number of allylic oxidation sites excluding steroid dienone is 1. The molecule has 3 rings (SSSR count). The largest absolute Gasteiger partial charge is 0.371 e. The first-order valence-corrected chi connectivity index (χ1v) is 5.18. The predicted octanol–water partition coefficient (Wildman–Crippen LogP) is 1.16. The molecule has 0 amide bonds. The van der Waals surface area contributed by atoms with Crippen LogP contribution in [0.5, 0.6) is 0 Å². The third-order valence-corrected chi connectivity index (χ3v) is 3.67. The molecule has 0 spiro atoms. The van der Waals surface area contributed by atoms with Gasteiger partial charge in [-0.2, -0.15) is 0 Å². The standard InChI is InChI=1S/C9H9N3S/c1-2-10-3-6-7(1)13-8-4-11-5-12-9(6)8/h1-4,6-7,11H,5H2. The quantitative estimate of drug-likeness (QED) is 0.623. The molecule has 66 valence electrons. The Bertz CT molecular complexity index is 354. The highest BCUT2D eigenvalue weighted by Gasteiger charge is 2.36. The molecule has 0 bridgehead atoms. The summed E-state index contributed by atoms with van der Waals surface area (Å²) < 4.78 is 0. The highest BCUT2D eigenvalue weighted by molar-refractivity contribution is 8.05. The normalized spacial score (nSPS) is 34.5. The minimum Gasteiger partial charge on any atom is -0.371 e. The second kappa shape index (κ2) is 2.73. The summed E-state index contributed by atoms with van der Waals surface area (Å²) in [6.45, 7) is 0.708. The first-order chi connectivity index (χ1) is 6.45. The van der Waals surface area contributed by atoms with Crippen LogP contribution in [0.4, 0.5) is 0 Å². The van der Waals surface area contributed by atoms with Crippen LogP contribution >= 0.6 is 11.8 Å². The highest BCUT2D eigenvalue weighted by atomic mass is 32.2. The molecule has 1 fully saturated rings. The molecule has 0 saturated carbocycles. The van der Waals surface area contributed by atoms with Crippen molar-refractivity contribution in [3.63, 3.8) is 0 Å². The molecule has 1 N–H and O–H groups in total. The average molecular weight is 191 g/mol. The van der Waals surface area contributed by atoms with Crippen molar-refractivity contribution in [2.45, 2.75) is 5.25 Å². The first kappa shape index (κ1) is 7.38. The van der Waals surface area contributed by atoms with Gasteiger partial charge in [0.1, 0.15) is 6.67 Å². The molecule has 0 aromatic heterocycles. The molecule has 0 radical (unpaired) electrons. The Morgan fingerprint density at radius 1 is 1.54 bits per heavy atom. The lowest BCUT2D eigenvalue weighted by molar-refractivity contribution is 0.851. The van der Waals surface area contributed by atoms with Crippen LogP contribution in [-0.4, -0.2) is 23.8 Å². The molecule has 3 heterocycles. The minimum absolute atomic E-state index is 0.406. The van der Waals surface area contributed by atoms with Gasteiger partial charge in [-0.25, -0.2) is 0 Å². The zero-order chi connectivity index (χ0) is 8.67. The van der Waals surface area contributed by atoms with Crippen molar-refractivity contribution in [1.82, 2.24) is 5.32 Å². The van der Waals surface area contributed by atoms with Gasteiger partial charge in [0.05, 0.1) is 11.6 Å². The molecular formula is C9H9N3S. The number of hydrogen-bond acceptors (Lipinski definition) is 4. The summed E-state index contributed by atoms with van der Waals surface area (Å²) in [5.74, 6) is 0.406. The number of aliphatic imine (C=N–C) groups is 2. The van der Waals surface area contributed by atoms with Crippen LogP contribution in [-0.2, 0) is 0 Å². The lowest BCUT2D eigenvalue weighted by atomic mass is 9.99. The summed E-state index contributed by atoms with van der Waals surface area (Å²) in [6, 6.07) is 0. The third-order valence-electron chi connectivity index (χ3n) is 2.37. The Kier molecular flexibility index (Phi) is 1.55. The fourth-order valence-corrected chi connectivity index (χ4v) is 3.01. The van der Waals surface area contributed by atoms with Crippen LogP contribution in [0.2, 0.25) is 0 Å². The van der Waals surface area contributed by atoms with E-state index in [1.165, 1.54) is 10.6 Å². The molecule has 0 aliphatic carbocycles. The molecule has 1 saturated heterocycles. The van der Waals surface area contributed by atoms with E-state index in [0.717, 1.165) is 0 Å². The van der Waals surface area contributed by atoms with Gasteiger partial charge >= 0.3 is 0 Å². The van der Waals surface area contributed by atoms with Gasteiger partial charge in [-0.15, -0.1) is 11.8 Å². The van der Waals surface area contributed by atoms with Crippen molar-refractivity contribution in [1.29, 1.82) is 0 Å². The van der Waals surface area contributed by atoms with Crippen LogP contribution < -0.4 is 5.32 Å². The number of nitrogens with one attached hydrogen (secondary N) is 1. The lowest BCUT2D eigenvalue weighted by Gasteiger charge is -2.13. The maximum Gasteiger partial charge on any atom is 0.107 e. The summed E-state index contributed by atoms with van der Waals surface area (Å²) >= 11 is 1.87. The van der Waals surface area contributed by atoms with E-state index in [4.69, 9.17) is 0 Å². The molecule has 3 aliphatic rings.